The molecule has 0 unspecified atom stereocenters. The van der Waals surface area contributed by atoms with E-state index in [1.165, 1.54) is 0 Å². The molecule has 1 aliphatic rings. The Morgan fingerprint density at radius 1 is 1.00 bits per heavy atom. The average Bonchev–Trinajstić information content (AvgIpc) is 3.46. The molecule has 0 spiro atoms. The average molecular weight is 444 g/mol. The smallest absolute Gasteiger partial charge is 0.256 e. The monoisotopic (exact) mass is 443 g/mol. The van der Waals surface area contributed by atoms with E-state index in [0.717, 1.165) is 34.3 Å². The first-order chi connectivity index (χ1) is 15.6. The Balaban J connectivity index is 1.53. The number of nitrogens with zero attached hydrogens (tertiary/aromatic N) is 1. The highest BCUT2D eigenvalue weighted by Gasteiger charge is 2.26. The summed E-state index contributed by atoms with van der Waals surface area (Å²) in [6.07, 6.45) is 1.96. The van der Waals surface area contributed by atoms with E-state index in [0.29, 0.717) is 22.6 Å². The quantitative estimate of drug-likeness (QED) is 0.434. The van der Waals surface area contributed by atoms with Crippen LogP contribution in [0.25, 0.3) is 21.5 Å². The second kappa shape index (κ2) is 8.43. The molecule has 2 N–H and O–H groups in total. The highest BCUT2D eigenvalue weighted by atomic mass is 32.1. The van der Waals surface area contributed by atoms with Gasteiger partial charge in [-0.3, -0.25) is 9.59 Å². The molecular weight excluding hydrogens is 422 g/mol. The van der Waals surface area contributed by atoms with Gasteiger partial charge in [0.25, 0.3) is 11.8 Å². The van der Waals surface area contributed by atoms with Crippen molar-refractivity contribution in [3.63, 3.8) is 0 Å². The molecule has 5 rings (SSSR count). The van der Waals surface area contributed by atoms with Crippen LogP contribution in [0.2, 0.25) is 0 Å². The maximum Gasteiger partial charge on any atom is 0.256 e. The number of amides is 2. The highest BCUT2D eigenvalue weighted by Crippen LogP contribution is 2.30. The Bertz CT molecular complexity index is 1310. The van der Waals surface area contributed by atoms with Gasteiger partial charge < -0.3 is 15.4 Å². The number of fused-ring (bicyclic) bond motifs is 1. The zero-order valence-electron chi connectivity index (χ0n) is 17.4. The van der Waals surface area contributed by atoms with Gasteiger partial charge in [-0.1, -0.05) is 24.3 Å². The van der Waals surface area contributed by atoms with E-state index in [-0.39, 0.29) is 17.9 Å². The molecule has 4 aromatic rings. The lowest BCUT2D eigenvalue weighted by molar-refractivity contribution is 0.0951. The normalized spacial score (nSPS) is 13.0. The third kappa shape index (κ3) is 4.07. The number of thiophene rings is 1. The van der Waals surface area contributed by atoms with Crippen LogP contribution in [0.4, 0.5) is 5.69 Å². The van der Waals surface area contributed by atoms with Crippen LogP contribution in [0.1, 0.15) is 33.6 Å². The van der Waals surface area contributed by atoms with E-state index < -0.39 is 0 Å². The standard InChI is InChI=1S/C25H21N3O3S/c1-31-16-10-11-21(19(13-16)25(30)26-15-8-9-15)28-24(29)18-14-22(23-7-4-12-32-23)27-20-6-3-2-5-17(18)20/h2-7,10-15H,8-9H2,1H3,(H,26,30)(H,28,29). The van der Waals surface area contributed by atoms with Crippen molar-refractivity contribution in [2.24, 2.45) is 0 Å². The zero-order valence-corrected chi connectivity index (χ0v) is 18.2. The van der Waals surface area contributed by atoms with E-state index in [4.69, 9.17) is 9.72 Å². The summed E-state index contributed by atoms with van der Waals surface area (Å²) in [6.45, 7) is 0. The maximum absolute atomic E-state index is 13.4. The van der Waals surface area contributed by atoms with Crippen molar-refractivity contribution in [1.29, 1.82) is 0 Å². The van der Waals surface area contributed by atoms with Gasteiger partial charge in [-0.25, -0.2) is 4.98 Å². The first-order valence-electron chi connectivity index (χ1n) is 10.4. The van der Waals surface area contributed by atoms with Crippen LogP contribution >= 0.6 is 11.3 Å². The van der Waals surface area contributed by atoms with Gasteiger partial charge in [0.15, 0.2) is 0 Å². The van der Waals surface area contributed by atoms with E-state index in [9.17, 15) is 9.59 Å². The topological polar surface area (TPSA) is 80.3 Å². The SMILES string of the molecule is COc1ccc(NC(=O)c2cc(-c3cccs3)nc3ccccc23)c(C(=O)NC2CC2)c1. The molecule has 0 aliphatic heterocycles. The van der Waals surface area contributed by atoms with E-state index in [1.54, 1.807) is 42.7 Å². The number of hydrogen-bond donors (Lipinski definition) is 2. The van der Waals surface area contributed by atoms with Gasteiger partial charge in [-0.15, -0.1) is 11.3 Å². The molecular formula is C25H21N3O3S. The molecule has 1 aliphatic carbocycles. The summed E-state index contributed by atoms with van der Waals surface area (Å²) in [4.78, 5) is 31.9. The lowest BCUT2D eigenvalue weighted by Crippen LogP contribution is -2.27. The summed E-state index contributed by atoms with van der Waals surface area (Å²) in [6, 6.07) is 18.6. The van der Waals surface area contributed by atoms with Crippen LogP contribution < -0.4 is 15.4 Å². The minimum absolute atomic E-state index is 0.203. The van der Waals surface area contributed by atoms with Crippen molar-refractivity contribution in [2.75, 3.05) is 12.4 Å². The Labute approximate surface area is 189 Å². The number of para-hydroxylation sites is 1. The molecule has 160 valence electrons. The van der Waals surface area contributed by atoms with Gasteiger partial charge in [-0.05, 0) is 54.6 Å². The van der Waals surface area contributed by atoms with Crippen LogP contribution in [-0.4, -0.2) is 29.9 Å². The van der Waals surface area contributed by atoms with E-state index >= 15 is 0 Å². The fourth-order valence-electron chi connectivity index (χ4n) is 3.54. The van der Waals surface area contributed by atoms with Crippen LogP contribution in [-0.2, 0) is 0 Å². The van der Waals surface area contributed by atoms with Crippen LogP contribution in [0, 0.1) is 0 Å². The number of rotatable bonds is 6. The molecule has 0 saturated heterocycles. The summed E-state index contributed by atoms with van der Waals surface area (Å²) in [5, 5.41) is 8.65. The minimum atomic E-state index is -0.299. The Kier molecular flexibility index (Phi) is 5.33. The number of carbonyl (C=O) groups is 2. The van der Waals surface area contributed by atoms with Crippen molar-refractivity contribution in [3.8, 4) is 16.3 Å². The lowest BCUT2D eigenvalue weighted by atomic mass is 10.1. The maximum atomic E-state index is 13.4. The number of methoxy groups -OCH3 is 1. The third-order valence-electron chi connectivity index (χ3n) is 5.37. The van der Waals surface area contributed by atoms with Gasteiger partial charge in [0, 0.05) is 11.4 Å². The van der Waals surface area contributed by atoms with Crippen molar-refractivity contribution in [1.82, 2.24) is 10.3 Å². The number of carbonyl (C=O) groups excluding carboxylic acids is 2. The number of anilines is 1. The second-order valence-corrected chi connectivity index (χ2v) is 8.61. The number of benzene rings is 2. The molecule has 6 nitrogen and oxygen atoms in total. The summed E-state index contributed by atoms with van der Waals surface area (Å²) < 4.78 is 5.29. The Morgan fingerprint density at radius 3 is 2.59 bits per heavy atom. The summed E-state index contributed by atoms with van der Waals surface area (Å²) in [5.41, 5.74) is 2.80. The van der Waals surface area contributed by atoms with E-state index in [2.05, 4.69) is 10.6 Å². The lowest BCUT2D eigenvalue weighted by Gasteiger charge is -2.14. The second-order valence-electron chi connectivity index (χ2n) is 7.66. The number of ether oxygens (including phenoxy) is 1. The van der Waals surface area contributed by atoms with Gasteiger partial charge in [0.1, 0.15) is 5.75 Å². The minimum Gasteiger partial charge on any atom is -0.497 e. The Morgan fingerprint density at radius 2 is 1.84 bits per heavy atom. The van der Waals surface area contributed by atoms with E-state index in [1.807, 2.05) is 41.8 Å². The number of hydrogen-bond acceptors (Lipinski definition) is 5. The predicted molar refractivity (Wildman–Crippen MR) is 126 cm³/mol. The summed E-state index contributed by atoms with van der Waals surface area (Å²) >= 11 is 1.57. The molecule has 2 amide bonds. The Hall–Kier alpha value is -3.71. The summed E-state index contributed by atoms with van der Waals surface area (Å²) in [5.74, 6) is 0.0332. The molecule has 1 saturated carbocycles. The predicted octanol–water partition coefficient (Wildman–Crippen LogP) is 5.12. The van der Waals surface area contributed by atoms with Crippen LogP contribution in [0.15, 0.2) is 66.0 Å². The van der Waals surface area contributed by atoms with Crippen molar-refractivity contribution >= 4 is 39.7 Å². The van der Waals surface area contributed by atoms with Gasteiger partial charge in [-0.2, -0.15) is 0 Å². The van der Waals surface area contributed by atoms with Crippen LogP contribution in [0.3, 0.4) is 0 Å². The molecule has 7 heteroatoms. The molecule has 2 aromatic heterocycles. The molecule has 1 fully saturated rings. The molecule has 0 atom stereocenters. The zero-order chi connectivity index (χ0) is 22.1. The van der Waals surface area contributed by atoms with Crippen molar-refractivity contribution in [3.05, 3.63) is 77.2 Å². The molecule has 0 bridgehead atoms. The largest absolute Gasteiger partial charge is 0.497 e. The number of nitrogens with one attached hydrogen (secondary N) is 2. The van der Waals surface area contributed by atoms with Gasteiger partial charge in [0.2, 0.25) is 0 Å². The summed E-state index contributed by atoms with van der Waals surface area (Å²) in [7, 11) is 1.55. The fourth-order valence-corrected chi connectivity index (χ4v) is 4.23. The first kappa shape index (κ1) is 20.2. The molecule has 32 heavy (non-hydrogen) atoms. The fraction of sp³-hybridized carbons (Fsp3) is 0.160. The molecule has 0 radical (unpaired) electrons. The highest BCUT2D eigenvalue weighted by molar-refractivity contribution is 7.13. The van der Waals surface area contributed by atoms with Crippen LogP contribution in [0.5, 0.6) is 5.75 Å². The number of pyridine rings is 1. The molecule has 2 aromatic carbocycles. The van der Waals surface area contributed by atoms with Gasteiger partial charge in [0.05, 0.1) is 40.0 Å². The third-order valence-corrected chi connectivity index (χ3v) is 6.26. The van der Waals surface area contributed by atoms with Gasteiger partial charge >= 0.3 is 0 Å². The van der Waals surface area contributed by atoms with Crippen molar-refractivity contribution < 1.29 is 14.3 Å². The van der Waals surface area contributed by atoms with Crippen molar-refractivity contribution in [2.45, 2.75) is 18.9 Å². The number of aromatic nitrogens is 1. The first-order valence-corrected chi connectivity index (χ1v) is 11.2. The molecule has 2 heterocycles.